The first-order chi connectivity index (χ1) is 10.6. The molecular formula is C15H16ClN3O2S. The number of amides is 2. The molecule has 0 bridgehead atoms. The van der Waals surface area contributed by atoms with E-state index in [1.54, 1.807) is 6.07 Å². The molecule has 7 heteroatoms. The molecule has 2 rings (SSSR count). The number of nitrogens with zero attached hydrogens (tertiary/aromatic N) is 1. The van der Waals surface area contributed by atoms with Crippen LogP contribution < -0.4 is 10.6 Å². The Morgan fingerprint density at radius 2 is 2.00 bits per heavy atom. The van der Waals surface area contributed by atoms with E-state index >= 15 is 0 Å². The van der Waals surface area contributed by atoms with Crippen LogP contribution in [0.3, 0.4) is 0 Å². The van der Waals surface area contributed by atoms with Crippen LogP contribution in [0.25, 0.3) is 10.6 Å². The van der Waals surface area contributed by atoms with Crippen molar-refractivity contribution in [2.24, 2.45) is 0 Å². The zero-order chi connectivity index (χ0) is 15.9. The van der Waals surface area contributed by atoms with Crippen LogP contribution >= 0.6 is 22.9 Å². The molecular weight excluding hydrogens is 322 g/mol. The lowest BCUT2D eigenvalue weighted by Crippen LogP contribution is -2.37. The molecule has 0 radical (unpaired) electrons. The van der Waals surface area contributed by atoms with Crippen molar-refractivity contribution < 1.29 is 9.59 Å². The van der Waals surface area contributed by atoms with Crippen LogP contribution in [0, 0.1) is 0 Å². The van der Waals surface area contributed by atoms with E-state index in [0.29, 0.717) is 17.3 Å². The van der Waals surface area contributed by atoms with E-state index in [2.05, 4.69) is 15.6 Å². The number of thiazole rings is 1. The number of rotatable bonds is 6. The number of hydrogen-bond acceptors (Lipinski definition) is 4. The smallest absolute Gasteiger partial charge is 0.239 e. The van der Waals surface area contributed by atoms with E-state index in [1.165, 1.54) is 11.3 Å². The maximum atomic E-state index is 11.8. The molecule has 0 aliphatic heterocycles. The van der Waals surface area contributed by atoms with Gasteiger partial charge < -0.3 is 10.6 Å². The number of benzene rings is 1. The molecule has 1 aromatic heterocycles. The Bertz CT molecular complexity index is 672. The van der Waals surface area contributed by atoms with E-state index in [9.17, 15) is 9.59 Å². The van der Waals surface area contributed by atoms with Crippen molar-refractivity contribution in [3.05, 3.63) is 40.4 Å². The summed E-state index contributed by atoms with van der Waals surface area (Å²) in [5.74, 6) is -0.437. The van der Waals surface area contributed by atoms with Crippen molar-refractivity contribution >= 4 is 34.8 Å². The highest BCUT2D eigenvalue weighted by Gasteiger charge is 2.11. The minimum Gasteiger partial charge on any atom is -0.355 e. The number of carbonyl (C=O) groups is 2. The van der Waals surface area contributed by atoms with Crippen LogP contribution in [0.4, 0.5) is 0 Å². The van der Waals surface area contributed by atoms with Gasteiger partial charge in [-0.05, 0) is 13.0 Å². The number of likely N-dealkylation sites (N-methyl/N-ethyl adjacent to an activating group) is 1. The molecule has 0 atom stereocenters. The molecule has 0 aliphatic carbocycles. The first-order valence-electron chi connectivity index (χ1n) is 6.83. The van der Waals surface area contributed by atoms with Gasteiger partial charge >= 0.3 is 0 Å². The van der Waals surface area contributed by atoms with E-state index in [0.717, 1.165) is 10.6 Å². The van der Waals surface area contributed by atoms with E-state index in [-0.39, 0.29) is 24.8 Å². The lowest BCUT2D eigenvalue weighted by molar-refractivity contribution is -0.125. The van der Waals surface area contributed by atoms with Gasteiger partial charge in [0.25, 0.3) is 0 Å². The molecule has 1 aromatic carbocycles. The van der Waals surface area contributed by atoms with Crippen molar-refractivity contribution in [2.75, 3.05) is 13.1 Å². The van der Waals surface area contributed by atoms with Crippen molar-refractivity contribution in [2.45, 2.75) is 13.3 Å². The van der Waals surface area contributed by atoms with Crippen molar-refractivity contribution in [1.29, 1.82) is 0 Å². The number of hydrogen-bond donors (Lipinski definition) is 2. The Hall–Kier alpha value is -1.92. The van der Waals surface area contributed by atoms with E-state index in [4.69, 9.17) is 11.6 Å². The zero-order valence-corrected chi connectivity index (χ0v) is 13.6. The second-order valence-electron chi connectivity index (χ2n) is 4.53. The van der Waals surface area contributed by atoms with Crippen LogP contribution in [-0.4, -0.2) is 29.9 Å². The fourth-order valence-electron chi connectivity index (χ4n) is 1.81. The van der Waals surface area contributed by atoms with E-state index in [1.807, 2.05) is 30.5 Å². The molecule has 2 aromatic rings. The number of carbonyl (C=O) groups excluding carboxylic acids is 2. The third kappa shape index (κ3) is 4.54. The van der Waals surface area contributed by atoms with Crippen LogP contribution in [-0.2, 0) is 16.0 Å². The van der Waals surface area contributed by atoms with Gasteiger partial charge in [-0.1, -0.05) is 29.8 Å². The summed E-state index contributed by atoms with van der Waals surface area (Å²) in [6.07, 6.45) is 0.139. The lowest BCUT2D eigenvalue weighted by Gasteiger charge is -2.04. The quantitative estimate of drug-likeness (QED) is 0.849. The maximum absolute atomic E-state index is 11.8. The molecule has 116 valence electrons. The molecule has 0 saturated heterocycles. The Labute approximate surface area is 137 Å². The van der Waals surface area contributed by atoms with Crippen LogP contribution in [0.2, 0.25) is 5.02 Å². The summed E-state index contributed by atoms with van der Waals surface area (Å²) in [5, 5.41) is 8.41. The summed E-state index contributed by atoms with van der Waals surface area (Å²) in [4.78, 5) is 27.5. The fraction of sp³-hybridized carbons (Fsp3) is 0.267. The van der Waals surface area contributed by atoms with Gasteiger partial charge in [0.2, 0.25) is 11.8 Å². The summed E-state index contributed by atoms with van der Waals surface area (Å²) in [6, 6.07) is 7.44. The van der Waals surface area contributed by atoms with Crippen LogP contribution in [0.15, 0.2) is 29.6 Å². The predicted molar refractivity (Wildman–Crippen MR) is 88.0 cm³/mol. The molecule has 22 heavy (non-hydrogen) atoms. The first kappa shape index (κ1) is 16.5. The molecule has 0 spiro atoms. The molecule has 0 aliphatic rings. The van der Waals surface area contributed by atoms with Gasteiger partial charge in [-0.2, -0.15) is 0 Å². The second kappa shape index (κ2) is 7.91. The van der Waals surface area contributed by atoms with Gasteiger partial charge in [0, 0.05) is 17.5 Å². The minimum atomic E-state index is -0.234. The SMILES string of the molecule is CCNC(=O)CNC(=O)Cc1csc(-c2ccccc2Cl)n1. The molecule has 0 saturated carbocycles. The average Bonchev–Trinajstić information content (AvgIpc) is 2.94. The topological polar surface area (TPSA) is 71.1 Å². The Balaban J connectivity index is 1.94. The van der Waals surface area contributed by atoms with Crippen LogP contribution in [0.1, 0.15) is 12.6 Å². The molecule has 2 amide bonds. The largest absolute Gasteiger partial charge is 0.355 e. The highest BCUT2D eigenvalue weighted by atomic mass is 35.5. The fourth-order valence-corrected chi connectivity index (χ4v) is 2.95. The van der Waals surface area contributed by atoms with Crippen molar-refractivity contribution in [1.82, 2.24) is 15.6 Å². The van der Waals surface area contributed by atoms with Crippen molar-refractivity contribution in [3.8, 4) is 10.6 Å². The minimum absolute atomic E-state index is 0.0197. The molecule has 2 N–H and O–H groups in total. The van der Waals surface area contributed by atoms with Crippen LogP contribution in [0.5, 0.6) is 0 Å². The highest BCUT2D eigenvalue weighted by Crippen LogP contribution is 2.30. The molecule has 0 fully saturated rings. The summed E-state index contributed by atoms with van der Waals surface area (Å²) in [5.41, 5.74) is 1.51. The standard InChI is InChI=1S/C15H16ClN3O2S/c1-2-17-14(21)8-18-13(20)7-10-9-22-15(19-10)11-5-3-4-6-12(11)16/h3-6,9H,2,7-8H2,1H3,(H,17,21)(H,18,20). The first-order valence-corrected chi connectivity index (χ1v) is 8.08. The number of halogens is 1. The van der Waals surface area contributed by atoms with E-state index < -0.39 is 0 Å². The number of nitrogens with one attached hydrogen (secondary N) is 2. The zero-order valence-electron chi connectivity index (χ0n) is 12.1. The van der Waals surface area contributed by atoms with Gasteiger partial charge in [0.15, 0.2) is 0 Å². The summed E-state index contributed by atoms with van der Waals surface area (Å²) in [6.45, 7) is 2.35. The summed E-state index contributed by atoms with van der Waals surface area (Å²) in [7, 11) is 0. The Morgan fingerprint density at radius 3 is 2.73 bits per heavy atom. The molecule has 1 heterocycles. The Morgan fingerprint density at radius 1 is 1.23 bits per heavy atom. The summed E-state index contributed by atoms with van der Waals surface area (Å²) >= 11 is 7.57. The normalized spacial score (nSPS) is 10.3. The summed E-state index contributed by atoms with van der Waals surface area (Å²) < 4.78 is 0. The van der Waals surface area contributed by atoms with Crippen molar-refractivity contribution in [3.63, 3.8) is 0 Å². The highest BCUT2D eigenvalue weighted by molar-refractivity contribution is 7.13. The average molecular weight is 338 g/mol. The third-order valence-electron chi connectivity index (χ3n) is 2.82. The second-order valence-corrected chi connectivity index (χ2v) is 5.80. The monoisotopic (exact) mass is 337 g/mol. The maximum Gasteiger partial charge on any atom is 0.239 e. The predicted octanol–water partition coefficient (Wildman–Crippen LogP) is 2.26. The van der Waals surface area contributed by atoms with Gasteiger partial charge in [0.05, 0.1) is 23.7 Å². The van der Waals surface area contributed by atoms with Gasteiger partial charge in [0.1, 0.15) is 5.01 Å². The Kier molecular flexibility index (Phi) is 5.91. The van der Waals surface area contributed by atoms with Gasteiger partial charge in [-0.25, -0.2) is 4.98 Å². The third-order valence-corrected chi connectivity index (χ3v) is 4.07. The number of aromatic nitrogens is 1. The lowest BCUT2D eigenvalue weighted by atomic mass is 10.2. The molecule has 0 unspecified atom stereocenters. The molecule has 5 nitrogen and oxygen atoms in total. The van der Waals surface area contributed by atoms with Gasteiger partial charge in [-0.3, -0.25) is 9.59 Å². The van der Waals surface area contributed by atoms with Gasteiger partial charge in [-0.15, -0.1) is 11.3 Å².